The van der Waals surface area contributed by atoms with Gasteiger partial charge in [-0.3, -0.25) is 0 Å². The third-order valence-corrected chi connectivity index (χ3v) is 2.66. The summed E-state index contributed by atoms with van der Waals surface area (Å²) < 4.78 is 5.54. The Balaban J connectivity index is 2.03. The van der Waals surface area contributed by atoms with Gasteiger partial charge in [0.25, 0.3) is 0 Å². The lowest BCUT2D eigenvalue weighted by atomic mass is 10.3. The molecule has 2 N–H and O–H groups in total. The molecule has 0 aromatic carbocycles. The first-order chi connectivity index (χ1) is 9.22. The molecule has 0 atom stereocenters. The first kappa shape index (κ1) is 13.3. The molecule has 0 spiro atoms. The van der Waals surface area contributed by atoms with Gasteiger partial charge in [0.05, 0.1) is 12.7 Å². The van der Waals surface area contributed by atoms with Gasteiger partial charge in [-0.25, -0.2) is 9.97 Å². The van der Waals surface area contributed by atoms with Gasteiger partial charge >= 0.3 is 0 Å². The monoisotopic (exact) mass is 261 g/mol. The van der Waals surface area contributed by atoms with E-state index in [0.717, 1.165) is 30.1 Å². The molecule has 2 rings (SSSR count). The number of aryl methyl sites for hydroxylation is 2. The van der Waals surface area contributed by atoms with Gasteiger partial charge in [-0.1, -0.05) is 6.92 Å². The number of oxazole rings is 1. The standard InChI is InChI=1S/C13H19N5O/c1-4-10-7-15-11(19-10)8-16-12-9(3)6-17-13(18-12)14-5-2/h6-7H,4-5,8H2,1-3H3,(H2,14,16,17,18). The van der Waals surface area contributed by atoms with Crippen molar-refractivity contribution in [3.8, 4) is 0 Å². The van der Waals surface area contributed by atoms with Crippen LogP contribution < -0.4 is 10.6 Å². The topological polar surface area (TPSA) is 75.9 Å². The number of aromatic nitrogens is 3. The van der Waals surface area contributed by atoms with Gasteiger partial charge in [-0.15, -0.1) is 0 Å². The summed E-state index contributed by atoms with van der Waals surface area (Å²) in [6.07, 6.45) is 4.40. The van der Waals surface area contributed by atoms with Crippen LogP contribution in [0.1, 0.15) is 31.1 Å². The Morgan fingerprint density at radius 1 is 1.16 bits per heavy atom. The van der Waals surface area contributed by atoms with Crippen LogP contribution in [0.4, 0.5) is 11.8 Å². The fraction of sp³-hybridized carbons (Fsp3) is 0.462. The zero-order chi connectivity index (χ0) is 13.7. The number of rotatable bonds is 6. The molecule has 0 amide bonds. The molecule has 2 aromatic heterocycles. The average Bonchev–Trinajstić information content (AvgIpc) is 2.88. The van der Waals surface area contributed by atoms with E-state index in [0.29, 0.717) is 18.4 Å². The van der Waals surface area contributed by atoms with Gasteiger partial charge in [0.1, 0.15) is 11.6 Å². The minimum absolute atomic E-state index is 0.517. The number of hydrogen-bond acceptors (Lipinski definition) is 6. The first-order valence-electron chi connectivity index (χ1n) is 6.47. The summed E-state index contributed by atoms with van der Waals surface area (Å²) in [5, 5.41) is 6.30. The zero-order valence-corrected chi connectivity index (χ0v) is 11.5. The molecule has 6 nitrogen and oxygen atoms in total. The molecule has 0 saturated heterocycles. The second-order valence-corrected chi connectivity index (χ2v) is 4.18. The van der Waals surface area contributed by atoms with E-state index in [1.54, 1.807) is 12.4 Å². The molecule has 0 aliphatic rings. The van der Waals surface area contributed by atoms with Crippen LogP contribution in [-0.2, 0) is 13.0 Å². The average molecular weight is 261 g/mol. The van der Waals surface area contributed by atoms with Gasteiger partial charge in [0.15, 0.2) is 0 Å². The van der Waals surface area contributed by atoms with Crippen molar-refractivity contribution in [3.63, 3.8) is 0 Å². The Kier molecular flexibility index (Phi) is 4.33. The number of nitrogens with zero attached hydrogens (tertiary/aromatic N) is 3. The van der Waals surface area contributed by atoms with Gasteiger partial charge in [0.2, 0.25) is 11.8 Å². The highest BCUT2D eigenvalue weighted by Crippen LogP contribution is 2.14. The lowest BCUT2D eigenvalue weighted by molar-refractivity contribution is 0.465. The van der Waals surface area contributed by atoms with Crippen LogP contribution in [0.3, 0.4) is 0 Å². The van der Waals surface area contributed by atoms with Crippen LogP contribution in [0, 0.1) is 6.92 Å². The lowest BCUT2D eigenvalue weighted by Gasteiger charge is -2.08. The Labute approximate surface area is 112 Å². The summed E-state index contributed by atoms with van der Waals surface area (Å²) in [7, 11) is 0. The van der Waals surface area contributed by atoms with Crippen molar-refractivity contribution in [2.75, 3.05) is 17.2 Å². The molecule has 0 aliphatic heterocycles. The minimum atomic E-state index is 0.517. The van der Waals surface area contributed by atoms with Crippen molar-refractivity contribution >= 4 is 11.8 Å². The quantitative estimate of drug-likeness (QED) is 0.831. The number of anilines is 2. The summed E-state index contributed by atoms with van der Waals surface area (Å²) in [6.45, 7) is 7.32. The maximum Gasteiger partial charge on any atom is 0.224 e. The molecular formula is C13H19N5O. The summed E-state index contributed by atoms with van der Waals surface area (Å²) in [5.74, 6) is 2.98. The summed E-state index contributed by atoms with van der Waals surface area (Å²) in [6, 6.07) is 0. The molecule has 0 saturated carbocycles. The molecule has 0 bridgehead atoms. The van der Waals surface area contributed by atoms with Crippen LogP contribution >= 0.6 is 0 Å². The van der Waals surface area contributed by atoms with E-state index in [9.17, 15) is 0 Å². The normalized spacial score (nSPS) is 10.5. The second kappa shape index (κ2) is 6.17. The van der Waals surface area contributed by atoms with E-state index in [1.807, 2.05) is 20.8 Å². The molecule has 0 aliphatic carbocycles. The largest absolute Gasteiger partial charge is 0.444 e. The molecule has 6 heteroatoms. The van der Waals surface area contributed by atoms with Gasteiger partial charge < -0.3 is 15.1 Å². The zero-order valence-electron chi connectivity index (χ0n) is 11.5. The van der Waals surface area contributed by atoms with Gasteiger partial charge in [0, 0.05) is 24.7 Å². The SMILES string of the molecule is CCNc1ncc(C)c(NCc2ncc(CC)o2)n1. The highest BCUT2D eigenvalue weighted by molar-refractivity contribution is 5.46. The molecule has 19 heavy (non-hydrogen) atoms. The molecule has 2 heterocycles. The summed E-state index contributed by atoms with van der Waals surface area (Å²) in [5.41, 5.74) is 0.990. The van der Waals surface area contributed by atoms with Gasteiger partial charge in [-0.2, -0.15) is 4.98 Å². The predicted octanol–water partition coefficient (Wildman–Crippen LogP) is 2.38. The van der Waals surface area contributed by atoms with E-state index in [1.165, 1.54) is 0 Å². The Morgan fingerprint density at radius 2 is 2.00 bits per heavy atom. The Bertz CT molecular complexity index is 538. The minimum Gasteiger partial charge on any atom is -0.444 e. The highest BCUT2D eigenvalue weighted by atomic mass is 16.4. The Hall–Kier alpha value is -2.11. The lowest BCUT2D eigenvalue weighted by Crippen LogP contribution is -2.08. The maximum atomic E-state index is 5.54. The number of nitrogens with one attached hydrogen (secondary N) is 2. The third kappa shape index (κ3) is 3.43. The van der Waals surface area contributed by atoms with E-state index < -0.39 is 0 Å². The van der Waals surface area contributed by atoms with Crippen LogP contribution in [0.25, 0.3) is 0 Å². The van der Waals surface area contributed by atoms with Crippen molar-refractivity contribution in [2.45, 2.75) is 33.7 Å². The maximum absolute atomic E-state index is 5.54. The van der Waals surface area contributed by atoms with Crippen LogP contribution in [0.15, 0.2) is 16.8 Å². The molecule has 0 fully saturated rings. The Morgan fingerprint density at radius 3 is 2.68 bits per heavy atom. The van der Waals surface area contributed by atoms with E-state index in [2.05, 4.69) is 25.6 Å². The van der Waals surface area contributed by atoms with Crippen molar-refractivity contribution in [1.82, 2.24) is 15.0 Å². The van der Waals surface area contributed by atoms with Crippen molar-refractivity contribution in [1.29, 1.82) is 0 Å². The molecular weight excluding hydrogens is 242 g/mol. The van der Waals surface area contributed by atoms with Crippen molar-refractivity contribution in [2.24, 2.45) is 0 Å². The second-order valence-electron chi connectivity index (χ2n) is 4.18. The first-order valence-corrected chi connectivity index (χ1v) is 6.47. The molecule has 0 unspecified atom stereocenters. The van der Waals surface area contributed by atoms with E-state index >= 15 is 0 Å². The van der Waals surface area contributed by atoms with Crippen LogP contribution in [-0.4, -0.2) is 21.5 Å². The van der Waals surface area contributed by atoms with E-state index in [-0.39, 0.29) is 0 Å². The molecule has 2 aromatic rings. The summed E-state index contributed by atoms with van der Waals surface area (Å²) in [4.78, 5) is 12.8. The fourth-order valence-corrected chi connectivity index (χ4v) is 1.62. The summed E-state index contributed by atoms with van der Waals surface area (Å²) >= 11 is 0. The van der Waals surface area contributed by atoms with Crippen molar-refractivity contribution < 1.29 is 4.42 Å². The van der Waals surface area contributed by atoms with Crippen LogP contribution in [0.2, 0.25) is 0 Å². The molecule has 0 radical (unpaired) electrons. The van der Waals surface area contributed by atoms with Gasteiger partial charge in [-0.05, 0) is 13.8 Å². The molecule has 102 valence electrons. The number of hydrogen-bond donors (Lipinski definition) is 2. The van der Waals surface area contributed by atoms with E-state index in [4.69, 9.17) is 4.42 Å². The smallest absolute Gasteiger partial charge is 0.224 e. The predicted molar refractivity (Wildman–Crippen MR) is 74.1 cm³/mol. The van der Waals surface area contributed by atoms with Crippen molar-refractivity contribution in [3.05, 3.63) is 29.6 Å². The van der Waals surface area contributed by atoms with Crippen LogP contribution in [0.5, 0.6) is 0 Å². The highest BCUT2D eigenvalue weighted by Gasteiger charge is 2.06. The fourth-order valence-electron chi connectivity index (χ4n) is 1.62. The third-order valence-electron chi connectivity index (χ3n) is 2.66.